The van der Waals surface area contributed by atoms with E-state index in [-0.39, 0.29) is 0 Å². The summed E-state index contributed by atoms with van der Waals surface area (Å²) in [5.41, 5.74) is 11.7. The molecule has 37 heavy (non-hydrogen) atoms. The van der Waals surface area contributed by atoms with Gasteiger partial charge in [-0.1, -0.05) is 109 Å². The predicted molar refractivity (Wildman–Crippen MR) is 152 cm³/mol. The molecular weight excluding hydrogens is 476 g/mol. The van der Waals surface area contributed by atoms with Crippen molar-refractivity contribution in [3.05, 3.63) is 137 Å². The molecule has 0 aliphatic rings. The third-order valence-corrected chi connectivity index (χ3v) is 9.21. The number of aryl methyl sites for hydroxylation is 3. The first-order chi connectivity index (χ1) is 17.8. The normalized spacial score (nSPS) is 12.9. The minimum absolute atomic E-state index is 0.358. The highest BCUT2D eigenvalue weighted by Crippen LogP contribution is 2.36. The molecule has 4 aromatic rings. The molecule has 0 saturated heterocycles. The topological polar surface area (TPSA) is 72.2 Å². The molecule has 0 aromatic heterocycles. The van der Waals surface area contributed by atoms with Gasteiger partial charge in [0.25, 0.3) is 0 Å². The minimum atomic E-state index is -3.64. The van der Waals surface area contributed by atoms with Crippen LogP contribution in [0.3, 0.4) is 0 Å². The van der Waals surface area contributed by atoms with Gasteiger partial charge in [-0.25, -0.2) is 8.42 Å². The van der Waals surface area contributed by atoms with Crippen molar-refractivity contribution in [1.82, 2.24) is 5.32 Å². The maximum Gasteiger partial charge on any atom is 0.194 e. The molecule has 0 radical (unpaired) electrons. The van der Waals surface area contributed by atoms with Crippen molar-refractivity contribution < 1.29 is 8.42 Å². The molecule has 0 heterocycles. The summed E-state index contributed by atoms with van der Waals surface area (Å²) in [6.45, 7) is 6.25. The Labute approximate surface area is 221 Å². The van der Waals surface area contributed by atoms with Gasteiger partial charge < -0.3 is 5.73 Å². The van der Waals surface area contributed by atoms with E-state index in [4.69, 9.17) is 5.73 Å². The van der Waals surface area contributed by atoms with Crippen LogP contribution in [-0.4, -0.2) is 20.3 Å². The zero-order valence-corrected chi connectivity index (χ0v) is 22.6. The third-order valence-electron chi connectivity index (χ3n) is 6.96. The second-order valence-electron chi connectivity index (χ2n) is 9.73. The molecule has 5 heteroatoms. The van der Waals surface area contributed by atoms with E-state index < -0.39 is 20.8 Å². The summed E-state index contributed by atoms with van der Waals surface area (Å²) in [6.07, 6.45) is 0.967. The van der Waals surface area contributed by atoms with Crippen LogP contribution in [-0.2, 0) is 15.4 Å². The van der Waals surface area contributed by atoms with Crippen molar-refractivity contribution in [2.45, 2.75) is 49.4 Å². The van der Waals surface area contributed by atoms with E-state index in [2.05, 4.69) is 41.7 Å². The van der Waals surface area contributed by atoms with Crippen molar-refractivity contribution in [3.63, 3.8) is 0 Å². The monoisotopic (exact) mass is 512 g/mol. The van der Waals surface area contributed by atoms with E-state index >= 15 is 0 Å². The Bertz CT molecular complexity index is 1300. The molecule has 0 saturated carbocycles. The van der Waals surface area contributed by atoms with Crippen molar-refractivity contribution in [1.29, 1.82) is 0 Å². The number of hydrogen-bond donors (Lipinski definition) is 2. The lowest BCUT2D eigenvalue weighted by Gasteiger charge is -2.37. The highest BCUT2D eigenvalue weighted by atomic mass is 32.2. The molecule has 1 unspecified atom stereocenters. The first-order valence-corrected chi connectivity index (χ1v) is 14.3. The summed E-state index contributed by atoms with van der Waals surface area (Å²) >= 11 is 0. The number of benzene rings is 4. The van der Waals surface area contributed by atoms with E-state index in [0.29, 0.717) is 24.3 Å². The number of hydrogen-bond acceptors (Lipinski definition) is 4. The standard InChI is InChI=1S/C32H36N2O2S/c1-24-22-25(2)31(26(3)23-24)37(35,36)30(33)20-13-21-34-32(27-14-7-4-8-15-27,28-16-9-5-10-17-28)29-18-11-6-12-19-29/h4-12,14-19,22-23,30,34H,13,20-21,33H2,1-3H3. The molecule has 3 N–H and O–H groups in total. The summed E-state index contributed by atoms with van der Waals surface area (Å²) in [7, 11) is -3.64. The van der Waals surface area contributed by atoms with Crippen LogP contribution < -0.4 is 11.1 Å². The molecule has 0 amide bonds. The summed E-state index contributed by atoms with van der Waals surface area (Å²) in [4.78, 5) is 0.366. The highest BCUT2D eigenvalue weighted by Gasteiger charge is 2.36. The van der Waals surface area contributed by atoms with Gasteiger partial charge in [-0.3, -0.25) is 5.32 Å². The minimum Gasteiger partial charge on any atom is -0.315 e. The smallest absolute Gasteiger partial charge is 0.194 e. The Balaban J connectivity index is 1.60. The fourth-order valence-corrected chi connectivity index (χ4v) is 7.17. The van der Waals surface area contributed by atoms with Gasteiger partial charge >= 0.3 is 0 Å². The molecule has 0 aliphatic heterocycles. The fourth-order valence-electron chi connectivity index (χ4n) is 5.37. The van der Waals surface area contributed by atoms with E-state index in [9.17, 15) is 8.42 Å². The zero-order chi connectivity index (χ0) is 26.5. The van der Waals surface area contributed by atoms with Crippen LogP contribution in [0.4, 0.5) is 0 Å². The quantitative estimate of drug-likeness (QED) is 0.201. The van der Waals surface area contributed by atoms with Gasteiger partial charge in [-0.15, -0.1) is 0 Å². The van der Waals surface area contributed by atoms with Crippen LogP contribution in [0.25, 0.3) is 0 Å². The van der Waals surface area contributed by atoms with Crippen LogP contribution >= 0.6 is 0 Å². The molecule has 0 bridgehead atoms. The van der Waals surface area contributed by atoms with Crippen molar-refractivity contribution >= 4 is 9.84 Å². The van der Waals surface area contributed by atoms with Gasteiger partial charge in [0, 0.05) is 0 Å². The highest BCUT2D eigenvalue weighted by molar-refractivity contribution is 7.92. The van der Waals surface area contributed by atoms with E-state index in [0.717, 1.165) is 33.4 Å². The lowest BCUT2D eigenvalue weighted by atomic mass is 9.77. The third kappa shape index (κ3) is 5.54. The Morgan fingerprint density at radius 2 is 1.14 bits per heavy atom. The van der Waals surface area contributed by atoms with Crippen LogP contribution in [0, 0.1) is 20.8 Å². The largest absolute Gasteiger partial charge is 0.315 e. The molecule has 4 nitrogen and oxygen atoms in total. The average Bonchev–Trinajstić information content (AvgIpc) is 2.89. The van der Waals surface area contributed by atoms with Crippen LogP contribution in [0.15, 0.2) is 108 Å². The van der Waals surface area contributed by atoms with Gasteiger partial charge in [-0.05, 0) is 68.0 Å². The molecular formula is C32H36N2O2S. The lowest BCUT2D eigenvalue weighted by Crippen LogP contribution is -2.45. The summed E-state index contributed by atoms with van der Waals surface area (Å²) in [5.74, 6) is 0. The number of nitrogens with one attached hydrogen (secondary N) is 1. The fraction of sp³-hybridized carbons (Fsp3) is 0.250. The van der Waals surface area contributed by atoms with Crippen LogP contribution in [0.2, 0.25) is 0 Å². The van der Waals surface area contributed by atoms with E-state index in [1.807, 2.05) is 87.5 Å². The number of rotatable bonds is 10. The molecule has 4 aromatic carbocycles. The summed E-state index contributed by atoms with van der Waals surface area (Å²) < 4.78 is 26.8. The van der Waals surface area contributed by atoms with E-state index in [1.54, 1.807) is 0 Å². The first kappa shape index (κ1) is 26.8. The predicted octanol–water partition coefficient (Wildman–Crippen LogP) is 6.03. The van der Waals surface area contributed by atoms with Gasteiger partial charge in [0.1, 0.15) is 5.37 Å². The Morgan fingerprint density at radius 3 is 1.54 bits per heavy atom. The SMILES string of the molecule is Cc1cc(C)c(S(=O)(=O)C(N)CCCNC(c2ccccc2)(c2ccccc2)c2ccccc2)c(C)c1. The number of nitrogens with two attached hydrogens (primary N) is 1. The Morgan fingerprint density at radius 1 is 0.730 bits per heavy atom. The van der Waals surface area contributed by atoms with Gasteiger partial charge in [0.05, 0.1) is 10.4 Å². The van der Waals surface area contributed by atoms with Crippen molar-refractivity contribution in [3.8, 4) is 0 Å². The molecule has 192 valence electrons. The van der Waals surface area contributed by atoms with Crippen LogP contribution in [0.5, 0.6) is 0 Å². The van der Waals surface area contributed by atoms with Gasteiger partial charge in [0.15, 0.2) is 9.84 Å². The summed E-state index contributed by atoms with van der Waals surface area (Å²) in [5, 5.41) is 2.84. The van der Waals surface area contributed by atoms with Crippen molar-refractivity contribution in [2.75, 3.05) is 6.54 Å². The Hall–Kier alpha value is -3.25. The van der Waals surface area contributed by atoms with Gasteiger partial charge in [-0.2, -0.15) is 0 Å². The van der Waals surface area contributed by atoms with Crippen molar-refractivity contribution in [2.24, 2.45) is 5.73 Å². The second-order valence-corrected chi connectivity index (χ2v) is 11.8. The molecule has 1 atom stereocenters. The first-order valence-electron chi connectivity index (χ1n) is 12.8. The number of sulfone groups is 1. The zero-order valence-electron chi connectivity index (χ0n) is 21.8. The maximum atomic E-state index is 13.4. The molecule has 0 spiro atoms. The average molecular weight is 513 g/mol. The second kappa shape index (κ2) is 11.4. The van der Waals surface area contributed by atoms with E-state index in [1.165, 1.54) is 0 Å². The van der Waals surface area contributed by atoms with Gasteiger partial charge in [0.2, 0.25) is 0 Å². The lowest BCUT2D eigenvalue weighted by molar-refractivity contribution is 0.457. The molecule has 0 aliphatic carbocycles. The summed E-state index contributed by atoms with van der Waals surface area (Å²) in [6, 6.07) is 34.9. The Kier molecular flexibility index (Phi) is 8.28. The van der Waals surface area contributed by atoms with Crippen LogP contribution in [0.1, 0.15) is 46.2 Å². The molecule has 4 rings (SSSR count). The molecule has 0 fully saturated rings. The maximum absolute atomic E-state index is 13.4.